The molecule has 20 heavy (non-hydrogen) atoms. The minimum absolute atomic E-state index is 0.649. The Kier molecular flexibility index (Phi) is 6.05. The molecular formula is C15H26N4O. The summed E-state index contributed by atoms with van der Waals surface area (Å²) in [4.78, 5) is 11.1. The van der Waals surface area contributed by atoms with Crippen LogP contribution in [0, 0.1) is 5.92 Å². The third-order valence-corrected chi connectivity index (χ3v) is 3.67. The summed E-state index contributed by atoms with van der Waals surface area (Å²) >= 11 is 0. The number of nitrogens with zero attached hydrogens (tertiary/aromatic N) is 3. The highest BCUT2D eigenvalue weighted by molar-refractivity contribution is 5.27. The standard InChI is InChI=1S/C15H26N4O/c1-3-12-20-14-4-7-16-15(18-14)17-8-11-19-9-5-13(2)6-10-19/h4,7,13H,3,5-6,8-12H2,1-2H3,(H,16,17,18). The van der Waals surface area contributed by atoms with Crippen LogP contribution in [-0.2, 0) is 0 Å². The lowest BCUT2D eigenvalue weighted by Crippen LogP contribution is -2.36. The van der Waals surface area contributed by atoms with Gasteiger partial charge in [0.2, 0.25) is 11.8 Å². The van der Waals surface area contributed by atoms with Gasteiger partial charge in [0.25, 0.3) is 0 Å². The molecule has 5 nitrogen and oxygen atoms in total. The van der Waals surface area contributed by atoms with Crippen molar-refractivity contribution in [1.82, 2.24) is 14.9 Å². The van der Waals surface area contributed by atoms with Crippen molar-refractivity contribution in [3.63, 3.8) is 0 Å². The topological polar surface area (TPSA) is 50.3 Å². The summed E-state index contributed by atoms with van der Waals surface area (Å²) in [5, 5.41) is 3.28. The first-order valence-corrected chi connectivity index (χ1v) is 7.70. The molecule has 0 saturated carbocycles. The van der Waals surface area contributed by atoms with E-state index in [0.29, 0.717) is 18.4 Å². The lowest BCUT2D eigenvalue weighted by molar-refractivity contribution is 0.199. The fourth-order valence-corrected chi connectivity index (χ4v) is 2.33. The molecule has 1 aromatic rings. The maximum Gasteiger partial charge on any atom is 0.225 e. The van der Waals surface area contributed by atoms with Gasteiger partial charge in [0.1, 0.15) is 0 Å². The number of nitrogens with one attached hydrogen (secondary N) is 1. The lowest BCUT2D eigenvalue weighted by Gasteiger charge is -2.30. The van der Waals surface area contributed by atoms with E-state index in [2.05, 4.69) is 34.0 Å². The maximum atomic E-state index is 5.50. The molecule has 0 aliphatic carbocycles. The van der Waals surface area contributed by atoms with Crippen molar-refractivity contribution < 1.29 is 4.74 Å². The second-order valence-corrected chi connectivity index (χ2v) is 5.52. The predicted octanol–water partition coefficient (Wildman–Crippen LogP) is 2.41. The van der Waals surface area contributed by atoms with Crippen LogP contribution in [0.3, 0.4) is 0 Å². The van der Waals surface area contributed by atoms with Crippen molar-refractivity contribution >= 4 is 5.95 Å². The molecule has 5 heteroatoms. The Hall–Kier alpha value is -1.36. The monoisotopic (exact) mass is 278 g/mol. The van der Waals surface area contributed by atoms with Crippen molar-refractivity contribution in [3.8, 4) is 5.88 Å². The minimum Gasteiger partial charge on any atom is -0.478 e. The number of piperidine rings is 1. The first-order chi connectivity index (χ1) is 9.78. The normalized spacial score (nSPS) is 17.1. The van der Waals surface area contributed by atoms with E-state index in [-0.39, 0.29) is 0 Å². The van der Waals surface area contributed by atoms with Crippen molar-refractivity contribution in [2.24, 2.45) is 5.92 Å². The van der Waals surface area contributed by atoms with Gasteiger partial charge in [0.15, 0.2) is 0 Å². The number of likely N-dealkylation sites (tertiary alicyclic amines) is 1. The van der Waals surface area contributed by atoms with Crippen LogP contribution in [0.1, 0.15) is 33.1 Å². The smallest absolute Gasteiger partial charge is 0.225 e. The van der Waals surface area contributed by atoms with Gasteiger partial charge in [0, 0.05) is 25.4 Å². The summed E-state index contributed by atoms with van der Waals surface area (Å²) < 4.78 is 5.50. The third-order valence-electron chi connectivity index (χ3n) is 3.67. The average molecular weight is 278 g/mol. The largest absolute Gasteiger partial charge is 0.478 e. The molecule has 0 atom stereocenters. The predicted molar refractivity (Wildman–Crippen MR) is 81.1 cm³/mol. The molecule has 0 aromatic carbocycles. The molecule has 2 rings (SSSR count). The van der Waals surface area contributed by atoms with Crippen LogP contribution >= 0.6 is 0 Å². The molecule has 0 radical (unpaired) electrons. The second kappa shape index (κ2) is 8.04. The van der Waals surface area contributed by atoms with Crippen LogP contribution in [0.15, 0.2) is 12.3 Å². The first kappa shape index (κ1) is 15.0. The van der Waals surface area contributed by atoms with E-state index in [1.54, 1.807) is 12.3 Å². The summed E-state index contributed by atoms with van der Waals surface area (Å²) in [7, 11) is 0. The van der Waals surface area contributed by atoms with Gasteiger partial charge in [-0.3, -0.25) is 0 Å². The molecule has 1 aromatic heterocycles. The zero-order valence-electron chi connectivity index (χ0n) is 12.6. The van der Waals surface area contributed by atoms with E-state index in [1.165, 1.54) is 25.9 Å². The number of aromatic nitrogens is 2. The summed E-state index contributed by atoms with van der Waals surface area (Å²) in [5.74, 6) is 2.19. The number of hydrogen-bond acceptors (Lipinski definition) is 5. The van der Waals surface area contributed by atoms with Crippen molar-refractivity contribution in [2.45, 2.75) is 33.1 Å². The van der Waals surface area contributed by atoms with Gasteiger partial charge in [-0.05, 0) is 38.3 Å². The molecule has 1 fully saturated rings. The number of ether oxygens (including phenoxy) is 1. The van der Waals surface area contributed by atoms with Crippen molar-refractivity contribution in [3.05, 3.63) is 12.3 Å². The second-order valence-electron chi connectivity index (χ2n) is 5.52. The van der Waals surface area contributed by atoms with Crippen LogP contribution in [0.25, 0.3) is 0 Å². The van der Waals surface area contributed by atoms with Gasteiger partial charge < -0.3 is 15.0 Å². The fraction of sp³-hybridized carbons (Fsp3) is 0.733. The van der Waals surface area contributed by atoms with Gasteiger partial charge in [-0.15, -0.1) is 0 Å². The van der Waals surface area contributed by atoms with E-state index in [0.717, 1.165) is 25.4 Å². The highest BCUT2D eigenvalue weighted by atomic mass is 16.5. The molecule has 1 N–H and O–H groups in total. The minimum atomic E-state index is 0.649. The van der Waals surface area contributed by atoms with Gasteiger partial charge in [-0.25, -0.2) is 4.98 Å². The fourth-order valence-electron chi connectivity index (χ4n) is 2.33. The Morgan fingerprint density at radius 2 is 2.20 bits per heavy atom. The zero-order chi connectivity index (χ0) is 14.2. The quantitative estimate of drug-likeness (QED) is 0.830. The molecule has 2 heterocycles. The van der Waals surface area contributed by atoms with E-state index in [9.17, 15) is 0 Å². The van der Waals surface area contributed by atoms with Crippen LogP contribution in [0.4, 0.5) is 5.95 Å². The SMILES string of the molecule is CCCOc1ccnc(NCCN2CCC(C)CC2)n1. The van der Waals surface area contributed by atoms with Crippen molar-refractivity contribution in [2.75, 3.05) is 38.1 Å². The number of hydrogen-bond donors (Lipinski definition) is 1. The van der Waals surface area contributed by atoms with Crippen LogP contribution in [0.5, 0.6) is 5.88 Å². The highest BCUT2D eigenvalue weighted by Gasteiger charge is 2.14. The summed E-state index contributed by atoms with van der Waals surface area (Å²) in [5.41, 5.74) is 0. The molecule has 0 amide bonds. The van der Waals surface area contributed by atoms with E-state index < -0.39 is 0 Å². The van der Waals surface area contributed by atoms with Crippen LogP contribution < -0.4 is 10.1 Å². The number of anilines is 1. The molecule has 0 bridgehead atoms. The summed E-state index contributed by atoms with van der Waals surface area (Å²) in [6.07, 6.45) is 5.36. The maximum absolute atomic E-state index is 5.50. The Morgan fingerprint density at radius 1 is 1.40 bits per heavy atom. The third kappa shape index (κ3) is 4.96. The molecule has 1 aliphatic heterocycles. The van der Waals surface area contributed by atoms with Crippen LogP contribution in [0.2, 0.25) is 0 Å². The van der Waals surface area contributed by atoms with Gasteiger partial charge in [-0.2, -0.15) is 4.98 Å². The zero-order valence-corrected chi connectivity index (χ0v) is 12.6. The lowest BCUT2D eigenvalue weighted by atomic mass is 9.99. The molecule has 0 unspecified atom stereocenters. The van der Waals surface area contributed by atoms with Crippen molar-refractivity contribution in [1.29, 1.82) is 0 Å². The Labute approximate surface area is 121 Å². The summed E-state index contributed by atoms with van der Waals surface area (Å²) in [6.45, 7) is 9.47. The Balaban J connectivity index is 1.70. The first-order valence-electron chi connectivity index (χ1n) is 7.70. The van der Waals surface area contributed by atoms with E-state index >= 15 is 0 Å². The van der Waals surface area contributed by atoms with Crippen LogP contribution in [-0.4, -0.2) is 47.7 Å². The summed E-state index contributed by atoms with van der Waals surface area (Å²) in [6, 6.07) is 1.80. The molecule has 0 spiro atoms. The molecule has 112 valence electrons. The molecule has 1 aliphatic rings. The highest BCUT2D eigenvalue weighted by Crippen LogP contribution is 2.15. The Bertz CT molecular complexity index is 391. The molecular weight excluding hydrogens is 252 g/mol. The van der Waals surface area contributed by atoms with Gasteiger partial charge in [0.05, 0.1) is 6.61 Å². The van der Waals surface area contributed by atoms with Gasteiger partial charge >= 0.3 is 0 Å². The Morgan fingerprint density at radius 3 is 2.95 bits per heavy atom. The average Bonchev–Trinajstić information content (AvgIpc) is 2.48. The van der Waals surface area contributed by atoms with E-state index in [1.807, 2.05) is 0 Å². The van der Waals surface area contributed by atoms with Gasteiger partial charge in [-0.1, -0.05) is 13.8 Å². The molecule has 1 saturated heterocycles. The van der Waals surface area contributed by atoms with E-state index in [4.69, 9.17) is 4.74 Å². The number of rotatable bonds is 7.